The Hall–Kier alpha value is -5.49. The highest BCUT2D eigenvalue weighted by Gasteiger charge is 2.28. The molecule has 6 heteroatoms. The van der Waals surface area contributed by atoms with E-state index in [1.165, 1.54) is 24.3 Å². The van der Waals surface area contributed by atoms with Crippen molar-refractivity contribution in [3.8, 4) is 11.4 Å². The van der Waals surface area contributed by atoms with E-state index in [1.807, 2.05) is 66.7 Å². The fourth-order valence-corrected chi connectivity index (χ4v) is 6.66. The minimum Gasteiger partial charge on any atom is -0.452 e. The van der Waals surface area contributed by atoms with Crippen LogP contribution in [0.3, 0.4) is 0 Å². The van der Waals surface area contributed by atoms with Gasteiger partial charge in [0.1, 0.15) is 17.2 Å². The third-order valence-electron chi connectivity index (χ3n) is 8.26. The molecule has 0 amide bonds. The molecular weight excluding hydrogens is 533 g/mol. The van der Waals surface area contributed by atoms with Crippen molar-refractivity contribution in [1.29, 1.82) is 0 Å². The van der Waals surface area contributed by atoms with Crippen molar-refractivity contribution in [2.24, 2.45) is 0 Å². The van der Waals surface area contributed by atoms with Gasteiger partial charge in [-0.25, -0.2) is 13.2 Å². The van der Waals surface area contributed by atoms with Crippen LogP contribution in [0.25, 0.3) is 76.9 Å². The van der Waals surface area contributed by atoms with E-state index in [9.17, 15) is 4.39 Å². The highest BCUT2D eigenvalue weighted by molar-refractivity contribution is 6.39. The number of benzene rings is 6. The largest absolute Gasteiger partial charge is 0.452 e. The summed E-state index contributed by atoms with van der Waals surface area (Å²) in [6.45, 7) is 0. The lowest BCUT2D eigenvalue weighted by Crippen LogP contribution is -1.96. The molecule has 200 valence electrons. The molecule has 0 aliphatic carbocycles. The van der Waals surface area contributed by atoms with Crippen molar-refractivity contribution < 1.29 is 17.6 Å². The Bertz CT molecular complexity index is 2540. The zero-order valence-corrected chi connectivity index (χ0v) is 21.9. The molecule has 0 saturated heterocycles. The lowest BCUT2D eigenvalue weighted by Gasteiger charge is -2.11. The maximum atomic E-state index is 15.3. The minimum absolute atomic E-state index is 0.120. The first kappa shape index (κ1) is 23.2. The van der Waals surface area contributed by atoms with Gasteiger partial charge in [-0.05, 0) is 66.7 Å². The maximum absolute atomic E-state index is 15.3. The summed E-state index contributed by atoms with van der Waals surface area (Å²) >= 11 is 0. The van der Waals surface area contributed by atoms with E-state index in [0.717, 1.165) is 38.8 Å². The fraction of sp³-hybridized carbons (Fsp3) is 0. The third kappa shape index (κ3) is 2.96. The number of halogens is 3. The first-order valence-corrected chi connectivity index (χ1v) is 13.6. The summed E-state index contributed by atoms with van der Waals surface area (Å²) in [5, 5.41) is 3.99. The number of hydrogen-bond donors (Lipinski definition) is 0. The molecule has 0 saturated carbocycles. The van der Waals surface area contributed by atoms with Gasteiger partial charge in [0.15, 0.2) is 11.4 Å². The second kappa shape index (κ2) is 8.27. The highest BCUT2D eigenvalue weighted by atomic mass is 19.1. The Balaban J connectivity index is 1.71. The fourth-order valence-electron chi connectivity index (χ4n) is 6.66. The molecule has 0 aliphatic heterocycles. The van der Waals surface area contributed by atoms with Crippen LogP contribution in [0.15, 0.2) is 120 Å². The van der Waals surface area contributed by atoms with Crippen LogP contribution < -0.4 is 0 Å². The number of para-hydroxylation sites is 3. The second-order valence-electron chi connectivity index (χ2n) is 10.5. The van der Waals surface area contributed by atoms with Gasteiger partial charge in [-0.1, -0.05) is 48.5 Å². The van der Waals surface area contributed by atoms with Gasteiger partial charge in [0, 0.05) is 32.9 Å². The number of fused-ring (bicyclic) bond motifs is 12. The predicted octanol–water partition coefficient (Wildman–Crippen LogP) is 10.2. The van der Waals surface area contributed by atoms with E-state index in [2.05, 4.69) is 9.13 Å². The molecule has 0 bridgehead atoms. The summed E-state index contributed by atoms with van der Waals surface area (Å²) in [5.74, 6) is -1.27. The molecule has 9 aromatic rings. The molecule has 0 radical (unpaired) electrons. The lowest BCUT2D eigenvalue weighted by molar-refractivity contribution is 0.585. The number of hydrogen-bond acceptors (Lipinski definition) is 1. The average molecular weight is 553 g/mol. The summed E-state index contributed by atoms with van der Waals surface area (Å²) in [4.78, 5) is 0. The summed E-state index contributed by atoms with van der Waals surface area (Å²) in [5.41, 5.74) is 5.31. The quantitative estimate of drug-likeness (QED) is 0.209. The molecule has 0 N–H and O–H groups in total. The minimum atomic E-state index is -0.489. The van der Waals surface area contributed by atoms with Crippen LogP contribution in [-0.2, 0) is 0 Å². The van der Waals surface area contributed by atoms with E-state index >= 15 is 8.78 Å². The smallest absolute Gasteiger partial charge is 0.171 e. The van der Waals surface area contributed by atoms with E-state index in [4.69, 9.17) is 4.42 Å². The monoisotopic (exact) mass is 552 g/mol. The predicted molar refractivity (Wildman–Crippen MR) is 162 cm³/mol. The van der Waals surface area contributed by atoms with E-state index < -0.39 is 11.6 Å². The van der Waals surface area contributed by atoms with Gasteiger partial charge < -0.3 is 13.6 Å². The molecule has 0 aliphatic rings. The molecule has 6 aromatic carbocycles. The normalized spacial score (nSPS) is 12.2. The number of rotatable bonds is 2. The molecule has 3 heterocycles. The molecule has 9 rings (SSSR count). The zero-order valence-electron chi connectivity index (χ0n) is 21.9. The van der Waals surface area contributed by atoms with Crippen LogP contribution in [0.5, 0.6) is 0 Å². The molecule has 0 atom stereocenters. The molecule has 0 unspecified atom stereocenters. The number of aromatic nitrogens is 2. The van der Waals surface area contributed by atoms with E-state index in [-0.39, 0.29) is 11.4 Å². The van der Waals surface area contributed by atoms with Crippen LogP contribution in [-0.4, -0.2) is 9.13 Å². The van der Waals surface area contributed by atoms with Gasteiger partial charge >= 0.3 is 0 Å². The molecule has 0 spiro atoms. The summed E-state index contributed by atoms with van der Waals surface area (Å²) in [7, 11) is 0. The summed E-state index contributed by atoms with van der Waals surface area (Å²) in [6.07, 6.45) is 0. The van der Waals surface area contributed by atoms with Gasteiger partial charge in [0.05, 0.1) is 32.8 Å². The van der Waals surface area contributed by atoms with Crippen LogP contribution in [0, 0.1) is 17.5 Å². The van der Waals surface area contributed by atoms with Crippen molar-refractivity contribution in [2.45, 2.75) is 0 Å². The van der Waals surface area contributed by atoms with Gasteiger partial charge in [-0.3, -0.25) is 0 Å². The molecule has 42 heavy (non-hydrogen) atoms. The van der Waals surface area contributed by atoms with Crippen molar-refractivity contribution in [3.63, 3.8) is 0 Å². The molecular formula is C36H19F3N2O. The lowest BCUT2D eigenvalue weighted by atomic mass is 10.0. The van der Waals surface area contributed by atoms with Crippen LogP contribution >= 0.6 is 0 Å². The van der Waals surface area contributed by atoms with Crippen molar-refractivity contribution in [3.05, 3.63) is 133 Å². The highest BCUT2D eigenvalue weighted by Crippen LogP contribution is 2.49. The van der Waals surface area contributed by atoms with E-state index in [0.29, 0.717) is 32.5 Å². The summed E-state index contributed by atoms with van der Waals surface area (Å²) in [6, 6.07) is 33.9. The Morgan fingerprint density at radius 3 is 1.55 bits per heavy atom. The average Bonchev–Trinajstić information content (AvgIpc) is 3.66. The number of furan rings is 1. The number of nitrogens with zero attached hydrogens (tertiary/aromatic N) is 2. The summed E-state index contributed by atoms with van der Waals surface area (Å²) < 4.78 is 55.9. The second-order valence-corrected chi connectivity index (χ2v) is 10.5. The Morgan fingerprint density at radius 2 is 0.976 bits per heavy atom. The van der Waals surface area contributed by atoms with Crippen molar-refractivity contribution >= 4 is 65.6 Å². The first-order valence-electron chi connectivity index (χ1n) is 13.6. The van der Waals surface area contributed by atoms with Gasteiger partial charge in [0.25, 0.3) is 0 Å². The Kier molecular flexibility index (Phi) is 4.58. The molecule has 3 aromatic heterocycles. The third-order valence-corrected chi connectivity index (χ3v) is 8.26. The Labute approximate surface area is 236 Å². The first-order chi connectivity index (χ1) is 20.6. The standard InChI is InChI=1S/C36H19F3N2O/c37-20-14-16-28-25(18-20)30-33(40(28)22-8-3-1-4-9-22)31-24-12-7-13-27(39)35(24)42-36(31)32-26-19-21(38)15-17-29(26)41(34(30)32)23-10-5-2-6-11-23/h1-19H. The van der Waals surface area contributed by atoms with Crippen LogP contribution in [0.2, 0.25) is 0 Å². The van der Waals surface area contributed by atoms with Gasteiger partial charge in [-0.15, -0.1) is 0 Å². The maximum Gasteiger partial charge on any atom is 0.171 e. The topological polar surface area (TPSA) is 23.0 Å². The SMILES string of the molecule is Fc1ccc2c(c1)c1c3oc4c(F)cccc4c3c3c(c4cc(F)ccc4n3-c3ccccc3)c1n2-c1ccccc1. The van der Waals surface area contributed by atoms with Crippen molar-refractivity contribution in [1.82, 2.24) is 9.13 Å². The zero-order chi connectivity index (χ0) is 28.1. The molecule has 0 fully saturated rings. The van der Waals surface area contributed by atoms with Crippen LogP contribution in [0.4, 0.5) is 13.2 Å². The molecule has 3 nitrogen and oxygen atoms in total. The van der Waals surface area contributed by atoms with Crippen molar-refractivity contribution in [2.75, 3.05) is 0 Å². The van der Waals surface area contributed by atoms with Crippen LogP contribution in [0.1, 0.15) is 0 Å². The Morgan fingerprint density at radius 1 is 0.452 bits per heavy atom. The van der Waals surface area contributed by atoms with E-state index in [1.54, 1.807) is 24.3 Å². The van der Waals surface area contributed by atoms with Gasteiger partial charge in [-0.2, -0.15) is 0 Å². The van der Waals surface area contributed by atoms with Gasteiger partial charge in [0.2, 0.25) is 0 Å².